The molecule has 118 valence electrons. The molecule has 7 heteroatoms. The van der Waals surface area contributed by atoms with Gasteiger partial charge in [0.15, 0.2) is 0 Å². The van der Waals surface area contributed by atoms with Gasteiger partial charge in [-0.2, -0.15) is 4.31 Å². The molecule has 0 radical (unpaired) electrons. The van der Waals surface area contributed by atoms with Gasteiger partial charge in [-0.05, 0) is 24.1 Å². The van der Waals surface area contributed by atoms with Gasteiger partial charge in [-0.25, -0.2) is 12.8 Å². The quantitative estimate of drug-likeness (QED) is 0.779. The predicted octanol–water partition coefficient (Wildman–Crippen LogP) is 2.52. The van der Waals surface area contributed by atoms with Crippen molar-refractivity contribution in [3.63, 3.8) is 0 Å². The molecule has 0 saturated carbocycles. The van der Waals surface area contributed by atoms with Gasteiger partial charge in [0.05, 0.1) is 4.90 Å². The molecule has 1 unspecified atom stereocenters. The lowest BCUT2D eigenvalue weighted by atomic mass is 10.1. The zero-order valence-electron chi connectivity index (χ0n) is 12.5. The van der Waals surface area contributed by atoms with Crippen molar-refractivity contribution in [1.29, 1.82) is 0 Å². The SMILES string of the molecule is CCC(C)CN(CC)S(=O)(=O)c1ccc(F)c(C(N)=S)c1. The molecule has 0 bridgehead atoms. The second-order valence-corrected chi connectivity index (χ2v) is 7.35. The smallest absolute Gasteiger partial charge is 0.243 e. The van der Waals surface area contributed by atoms with Crippen molar-refractivity contribution in [2.24, 2.45) is 11.7 Å². The summed E-state index contributed by atoms with van der Waals surface area (Å²) < 4.78 is 40.2. The molecule has 1 aromatic rings. The van der Waals surface area contributed by atoms with Crippen LogP contribution in [0.15, 0.2) is 23.1 Å². The molecule has 0 aliphatic heterocycles. The Balaban J connectivity index is 3.23. The predicted molar refractivity (Wildman–Crippen MR) is 86.2 cm³/mol. The molecule has 0 aromatic heterocycles. The first kappa shape index (κ1) is 18.0. The van der Waals surface area contributed by atoms with Crippen LogP contribution in [0.5, 0.6) is 0 Å². The van der Waals surface area contributed by atoms with Crippen LogP contribution >= 0.6 is 12.2 Å². The zero-order valence-corrected chi connectivity index (χ0v) is 14.1. The van der Waals surface area contributed by atoms with Gasteiger partial charge in [0.2, 0.25) is 10.0 Å². The van der Waals surface area contributed by atoms with Crippen LogP contribution in [0.2, 0.25) is 0 Å². The number of thiocarbonyl (C=S) groups is 1. The number of hydrogen-bond acceptors (Lipinski definition) is 3. The number of nitrogens with zero attached hydrogens (tertiary/aromatic N) is 1. The van der Waals surface area contributed by atoms with Crippen LogP contribution in [0, 0.1) is 11.7 Å². The van der Waals surface area contributed by atoms with Crippen LogP contribution in [0.25, 0.3) is 0 Å². The van der Waals surface area contributed by atoms with E-state index in [1.165, 1.54) is 16.4 Å². The minimum Gasteiger partial charge on any atom is -0.389 e. The Bertz CT molecular complexity index is 617. The monoisotopic (exact) mass is 332 g/mol. The summed E-state index contributed by atoms with van der Waals surface area (Å²) in [7, 11) is -3.68. The van der Waals surface area contributed by atoms with E-state index in [4.69, 9.17) is 18.0 Å². The molecule has 2 N–H and O–H groups in total. The molecule has 1 atom stereocenters. The van der Waals surface area contributed by atoms with E-state index in [9.17, 15) is 12.8 Å². The zero-order chi connectivity index (χ0) is 16.2. The maximum Gasteiger partial charge on any atom is 0.243 e. The highest BCUT2D eigenvalue weighted by atomic mass is 32.2. The number of hydrogen-bond donors (Lipinski definition) is 1. The van der Waals surface area contributed by atoms with Crippen molar-refractivity contribution in [2.45, 2.75) is 32.1 Å². The van der Waals surface area contributed by atoms with Gasteiger partial charge in [-0.15, -0.1) is 0 Å². The molecule has 0 aliphatic carbocycles. The molecule has 0 saturated heterocycles. The Kier molecular flexibility index (Phi) is 6.24. The summed E-state index contributed by atoms with van der Waals surface area (Å²) in [5, 5.41) is 0. The first-order chi connectivity index (χ1) is 9.73. The average Bonchev–Trinajstić information content (AvgIpc) is 2.43. The summed E-state index contributed by atoms with van der Waals surface area (Å²) in [5.41, 5.74) is 5.37. The Morgan fingerprint density at radius 2 is 2.05 bits per heavy atom. The van der Waals surface area contributed by atoms with Crippen molar-refractivity contribution in [3.8, 4) is 0 Å². The van der Waals surface area contributed by atoms with E-state index in [2.05, 4.69) is 0 Å². The van der Waals surface area contributed by atoms with E-state index in [1.54, 1.807) is 6.92 Å². The first-order valence-electron chi connectivity index (χ1n) is 6.83. The Labute approximate surface area is 131 Å². The van der Waals surface area contributed by atoms with E-state index in [-0.39, 0.29) is 21.4 Å². The lowest BCUT2D eigenvalue weighted by Gasteiger charge is -2.23. The molecule has 21 heavy (non-hydrogen) atoms. The van der Waals surface area contributed by atoms with Crippen molar-refractivity contribution in [1.82, 2.24) is 4.31 Å². The van der Waals surface area contributed by atoms with E-state index in [0.29, 0.717) is 13.1 Å². The molecule has 0 heterocycles. The van der Waals surface area contributed by atoms with Gasteiger partial charge in [-0.1, -0.05) is 39.4 Å². The summed E-state index contributed by atoms with van der Waals surface area (Å²) in [6, 6.07) is 3.52. The summed E-state index contributed by atoms with van der Waals surface area (Å²) in [6.07, 6.45) is 0.883. The minimum atomic E-state index is -3.68. The van der Waals surface area contributed by atoms with E-state index in [0.717, 1.165) is 12.5 Å². The Morgan fingerprint density at radius 1 is 1.43 bits per heavy atom. The fraction of sp³-hybridized carbons (Fsp3) is 0.500. The maximum absolute atomic E-state index is 13.6. The normalized spacial score (nSPS) is 13.4. The highest BCUT2D eigenvalue weighted by Gasteiger charge is 2.25. The number of nitrogens with two attached hydrogens (primary N) is 1. The van der Waals surface area contributed by atoms with Gasteiger partial charge in [0.1, 0.15) is 10.8 Å². The van der Waals surface area contributed by atoms with Crippen LogP contribution in [-0.2, 0) is 10.0 Å². The molecular weight excluding hydrogens is 311 g/mol. The van der Waals surface area contributed by atoms with Gasteiger partial charge >= 0.3 is 0 Å². The topological polar surface area (TPSA) is 63.4 Å². The van der Waals surface area contributed by atoms with Gasteiger partial charge < -0.3 is 5.73 Å². The Morgan fingerprint density at radius 3 is 2.52 bits per heavy atom. The third kappa shape index (κ3) is 4.21. The number of sulfonamides is 1. The number of halogens is 1. The van der Waals surface area contributed by atoms with Crippen LogP contribution in [0.3, 0.4) is 0 Å². The van der Waals surface area contributed by atoms with E-state index in [1.807, 2.05) is 13.8 Å². The lowest BCUT2D eigenvalue weighted by molar-refractivity contribution is 0.361. The summed E-state index contributed by atoms with van der Waals surface area (Å²) >= 11 is 4.74. The third-order valence-electron chi connectivity index (χ3n) is 3.41. The lowest BCUT2D eigenvalue weighted by Crippen LogP contribution is -2.34. The Hall–Kier alpha value is -1.05. The van der Waals surface area contributed by atoms with Crippen LogP contribution in [0.1, 0.15) is 32.8 Å². The summed E-state index contributed by atoms with van der Waals surface area (Å²) in [5.74, 6) is -0.373. The summed E-state index contributed by atoms with van der Waals surface area (Å²) in [6.45, 7) is 6.55. The number of rotatable bonds is 7. The standard InChI is InChI=1S/C14H21FN2O2S2/c1-4-10(3)9-17(5-2)21(18,19)11-6-7-13(15)12(8-11)14(16)20/h6-8,10H,4-5,9H2,1-3H3,(H2,16,20). The molecule has 0 aliphatic rings. The average molecular weight is 332 g/mol. The fourth-order valence-corrected chi connectivity index (χ4v) is 3.63. The second kappa shape index (κ2) is 7.29. The highest BCUT2D eigenvalue weighted by Crippen LogP contribution is 2.20. The largest absolute Gasteiger partial charge is 0.389 e. The second-order valence-electron chi connectivity index (χ2n) is 4.97. The number of benzene rings is 1. The van der Waals surface area contributed by atoms with Crippen LogP contribution in [0.4, 0.5) is 4.39 Å². The molecule has 1 rings (SSSR count). The van der Waals surface area contributed by atoms with Gasteiger partial charge in [0.25, 0.3) is 0 Å². The summed E-state index contributed by atoms with van der Waals surface area (Å²) in [4.78, 5) is -0.147. The highest BCUT2D eigenvalue weighted by molar-refractivity contribution is 7.89. The molecular formula is C14H21FN2O2S2. The van der Waals surface area contributed by atoms with Crippen molar-refractivity contribution in [2.75, 3.05) is 13.1 Å². The molecule has 1 aromatic carbocycles. The van der Waals surface area contributed by atoms with Crippen molar-refractivity contribution in [3.05, 3.63) is 29.6 Å². The van der Waals surface area contributed by atoms with Gasteiger partial charge in [-0.3, -0.25) is 0 Å². The molecule has 0 spiro atoms. The van der Waals surface area contributed by atoms with Gasteiger partial charge in [0, 0.05) is 18.7 Å². The maximum atomic E-state index is 13.6. The third-order valence-corrected chi connectivity index (χ3v) is 5.56. The van der Waals surface area contributed by atoms with Crippen molar-refractivity contribution >= 4 is 27.2 Å². The fourth-order valence-electron chi connectivity index (χ4n) is 1.88. The van der Waals surface area contributed by atoms with E-state index < -0.39 is 15.8 Å². The first-order valence-corrected chi connectivity index (χ1v) is 8.68. The molecule has 0 fully saturated rings. The molecule has 0 amide bonds. The van der Waals surface area contributed by atoms with Crippen LogP contribution in [-0.4, -0.2) is 30.8 Å². The molecule has 4 nitrogen and oxygen atoms in total. The van der Waals surface area contributed by atoms with Crippen LogP contribution < -0.4 is 5.73 Å². The van der Waals surface area contributed by atoms with E-state index >= 15 is 0 Å². The van der Waals surface area contributed by atoms with Crippen molar-refractivity contribution < 1.29 is 12.8 Å². The minimum absolute atomic E-state index is 0.0110.